The predicted molar refractivity (Wildman–Crippen MR) is 70.7 cm³/mol. The van der Waals surface area contributed by atoms with Crippen molar-refractivity contribution in [3.8, 4) is 5.75 Å². The van der Waals surface area contributed by atoms with E-state index in [0.717, 1.165) is 0 Å². The maximum atomic E-state index is 11.6. The first kappa shape index (κ1) is 15.0. The van der Waals surface area contributed by atoms with E-state index in [1.165, 1.54) is 6.07 Å². The van der Waals surface area contributed by atoms with Crippen LogP contribution in [0.3, 0.4) is 0 Å². The van der Waals surface area contributed by atoms with Crippen LogP contribution in [-0.4, -0.2) is 43.2 Å². The summed E-state index contributed by atoms with van der Waals surface area (Å²) in [6, 6.07) is 6.40. The van der Waals surface area contributed by atoms with Gasteiger partial charge in [-0.1, -0.05) is 18.2 Å². The molecule has 0 saturated heterocycles. The highest BCUT2D eigenvalue weighted by atomic mass is 32.2. The summed E-state index contributed by atoms with van der Waals surface area (Å²) in [7, 11) is -4.79. The number of sulfone groups is 1. The van der Waals surface area contributed by atoms with Crippen molar-refractivity contribution in [2.75, 3.05) is 12.4 Å². The van der Waals surface area contributed by atoms with Crippen molar-refractivity contribution in [2.24, 2.45) is 0 Å². The van der Waals surface area contributed by atoms with Crippen LogP contribution < -0.4 is 10.2 Å². The third-order valence-electron chi connectivity index (χ3n) is 2.54. The van der Waals surface area contributed by atoms with E-state index in [1.54, 1.807) is 32.0 Å². The zero-order chi connectivity index (χ0) is 13.8. The van der Waals surface area contributed by atoms with Gasteiger partial charge in [0.1, 0.15) is 12.4 Å². The second-order valence-electron chi connectivity index (χ2n) is 4.18. The Balaban J connectivity index is 2.65. The molecule has 0 saturated carbocycles. The summed E-state index contributed by atoms with van der Waals surface area (Å²) in [5.74, 6) is 0.187. The van der Waals surface area contributed by atoms with Gasteiger partial charge in [0.2, 0.25) is 0 Å². The van der Waals surface area contributed by atoms with E-state index in [0.29, 0.717) is 0 Å². The molecule has 0 amide bonds. The largest absolute Gasteiger partial charge is 0.493 e. The van der Waals surface area contributed by atoms with Gasteiger partial charge in [-0.15, -0.1) is 0 Å². The normalized spacial score (nSPS) is 11.6. The summed E-state index contributed by atoms with van der Waals surface area (Å²) in [5, 5.41) is 17.8. The molecule has 1 rings (SSSR count). The van der Waals surface area contributed by atoms with Crippen LogP contribution in [0.4, 0.5) is 0 Å². The molecule has 0 aliphatic carbocycles. The van der Waals surface area contributed by atoms with Gasteiger partial charge in [0, 0.05) is 5.46 Å². The SMILES string of the molecule is CC(C)S(=O)(=O)CCOc1ccccc1B(O)O. The lowest BCUT2D eigenvalue weighted by Gasteiger charge is -2.12. The lowest BCUT2D eigenvalue weighted by atomic mass is 9.80. The molecule has 0 atom stereocenters. The second kappa shape index (κ2) is 6.22. The number of rotatable bonds is 6. The van der Waals surface area contributed by atoms with Crippen LogP contribution in [0.2, 0.25) is 0 Å². The summed E-state index contributed by atoms with van der Waals surface area (Å²) in [5.41, 5.74) is 0.222. The Hall–Kier alpha value is -1.05. The van der Waals surface area contributed by atoms with Gasteiger partial charge in [-0.05, 0) is 19.9 Å². The highest BCUT2D eigenvalue weighted by Gasteiger charge is 2.19. The van der Waals surface area contributed by atoms with Crippen LogP contribution in [0.5, 0.6) is 5.75 Å². The number of benzene rings is 1. The molecule has 5 nitrogen and oxygen atoms in total. The van der Waals surface area contributed by atoms with Gasteiger partial charge in [0.05, 0.1) is 11.0 Å². The first-order valence-electron chi connectivity index (χ1n) is 5.64. The minimum atomic E-state index is -3.15. The summed E-state index contributed by atoms with van der Waals surface area (Å²) in [6.45, 7) is 3.21. The average Bonchev–Trinajstić information content (AvgIpc) is 2.29. The Labute approximate surface area is 107 Å². The Morgan fingerprint density at radius 1 is 1.28 bits per heavy atom. The zero-order valence-electron chi connectivity index (χ0n) is 10.4. The molecule has 0 bridgehead atoms. The zero-order valence-corrected chi connectivity index (χ0v) is 11.2. The van der Waals surface area contributed by atoms with E-state index in [1.807, 2.05) is 0 Å². The molecule has 0 radical (unpaired) electrons. The molecule has 7 heteroatoms. The van der Waals surface area contributed by atoms with Crippen LogP contribution in [0.25, 0.3) is 0 Å². The van der Waals surface area contributed by atoms with E-state index < -0.39 is 22.2 Å². The van der Waals surface area contributed by atoms with Crippen LogP contribution >= 0.6 is 0 Å². The maximum absolute atomic E-state index is 11.6. The number of hydrogen-bond donors (Lipinski definition) is 2. The predicted octanol–water partition coefficient (Wildman–Crippen LogP) is -0.432. The van der Waals surface area contributed by atoms with Crippen LogP contribution in [0.1, 0.15) is 13.8 Å². The van der Waals surface area contributed by atoms with Crippen molar-refractivity contribution >= 4 is 22.4 Å². The molecule has 2 N–H and O–H groups in total. The van der Waals surface area contributed by atoms with Gasteiger partial charge in [0.15, 0.2) is 9.84 Å². The quantitative estimate of drug-likeness (QED) is 0.686. The molecular formula is C11H17BO5S. The third kappa shape index (κ3) is 4.01. The average molecular weight is 272 g/mol. The molecule has 0 aromatic heterocycles. The fourth-order valence-electron chi connectivity index (χ4n) is 1.33. The fraction of sp³-hybridized carbons (Fsp3) is 0.455. The molecule has 1 aromatic rings. The molecule has 0 heterocycles. The van der Waals surface area contributed by atoms with Gasteiger partial charge in [-0.3, -0.25) is 0 Å². The van der Waals surface area contributed by atoms with Crippen LogP contribution in [0.15, 0.2) is 24.3 Å². The van der Waals surface area contributed by atoms with Gasteiger partial charge in [-0.25, -0.2) is 8.42 Å². The second-order valence-corrected chi connectivity index (χ2v) is 6.85. The molecule has 0 aliphatic heterocycles. The molecule has 0 spiro atoms. The Morgan fingerprint density at radius 2 is 1.89 bits per heavy atom. The van der Waals surface area contributed by atoms with Gasteiger partial charge in [-0.2, -0.15) is 0 Å². The minimum Gasteiger partial charge on any atom is -0.493 e. The summed E-state index contributed by atoms with van der Waals surface area (Å²) < 4.78 is 28.4. The highest BCUT2D eigenvalue weighted by molar-refractivity contribution is 7.91. The Morgan fingerprint density at radius 3 is 2.44 bits per heavy atom. The van der Waals surface area contributed by atoms with Crippen molar-refractivity contribution in [1.29, 1.82) is 0 Å². The summed E-state index contributed by atoms with van der Waals surface area (Å²) >= 11 is 0. The van der Waals surface area contributed by atoms with Crippen molar-refractivity contribution < 1.29 is 23.2 Å². The molecule has 1 aromatic carbocycles. The Bertz CT molecular complexity index is 484. The molecule has 0 fully saturated rings. The maximum Gasteiger partial charge on any atom is 0.492 e. The summed E-state index contributed by atoms with van der Waals surface area (Å²) in [6.07, 6.45) is 0. The number of ether oxygens (including phenoxy) is 1. The van der Waals surface area contributed by atoms with E-state index in [-0.39, 0.29) is 23.6 Å². The van der Waals surface area contributed by atoms with Gasteiger partial charge in [0.25, 0.3) is 0 Å². The van der Waals surface area contributed by atoms with Gasteiger partial charge < -0.3 is 14.8 Å². The lowest BCUT2D eigenvalue weighted by molar-refractivity contribution is 0.340. The molecular weight excluding hydrogens is 255 g/mol. The molecule has 18 heavy (non-hydrogen) atoms. The monoisotopic (exact) mass is 272 g/mol. The highest BCUT2D eigenvalue weighted by Crippen LogP contribution is 2.08. The molecule has 100 valence electrons. The van der Waals surface area contributed by atoms with E-state index in [9.17, 15) is 8.42 Å². The Kier molecular flexibility index (Phi) is 5.19. The minimum absolute atomic E-state index is 0.00968. The van der Waals surface area contributed by atoms with E-state index in [4.69, 9.17) is 14.8 Å². The smallest absolute Gasteiger partial charge is 0.492 e. The van der Waals surface area contributed by atoms with E-state index in [2.05, 4.69) is 0 Å². The van der Waals surface area contributed by atoms with Crippen molar-refractivity contribution in [1.82, 2.24) is 0 Å². The number of hydrogen-bond acceptors (Lipinski definition) is 5. The van der Waals surface area contributed by atoms with E-state index >= 15 is 0 Å². The standard InChI is InChI=1S/C11H17BO5S/c1-9(2)18(15,16)8-7-17-11-6-4-3-5-10(11)12(13)14/h3-6,9,13-14H,7-8H2,1-2H3. The van der Waals surface area contributed by atoms with Gasteiger partial charge >= 0.3 is 7.12 Å². The summed E-state index contributed by atoms with van der Waals surface area (Å²) in [4.78, 5) is 0. The topological polar surface area (TPSA) is 83.8 Å². The molecule has 0 unspecified atom stereocenters. The molecule has 0 aliphatic rings. The van der Waals surface area contributed by atoms with Crippen LogP contribution in [-0.2, 0) is 9.84 Å². The van der Waals surface area contributed by atoms with Crippen LogP contribution in [0, 0.1) is 0 Å². The number of para-hydroxylation sites is 1. The van der Waals surface area contributed by atoms with Crippen molar-refractivity contribution in [3.05, 3.63) is 24.3 Å². The van der Waals surface area contributed by atoms with Crippen molar-refractivity contribution in [2.45, 2.75) is 19.1 Å². The first-order valence-corrected chi connectivity index (χ1v) is 7.35. The third-order valence-corrected chi connectivity index (χ3v) is 4.71. The first-order chi connectivity index (χ1) is 8.34. The van der Waals surface area contributed by atoms with Crippen molar-refractivity contribution in [3.63, 3.8) is 0 Å². The lowest BCUT2D eigenvalue weighted by Crippen LogP contribution is -2.32. The fourth-order valence-corrected chi connectivity index (χ4v) is 2.12.